The number of hydrogen-bond donors (Lipinski definition) is 1. The molecule has 134 valence electrons. The largest absolute Gasteiger partial charge is 0.491 e. The first-order valence-electron chi connectivity index (χ1n) is 8.52. The molecule has 0 radical (unpaired) electrons. The van der Waals surface area contributed by atoms with Gasteiger partial charge in [-0.15, -0.1) is 0 Å². The number of ether oxygens (including phenoxy) is 1. The summed E-state index contributed by atoms with van der Waals surface area (Å²) in [6.07, 6.45) is 3.68. The summed E-state index contributed by atoms with van der Waals surface area (Å²) < 4.78 is 19.0. The lowest BCUT2D eigenvalue weighted by molar-refractivity contribution is 0.210. The van der Waals surface area contributed by atoms with Crippen LogP contribution in [0.25, 0.3) is 0 Å². The highest BCUT2D eigenvalue weighted by molar-refractivity contribution is 6.28. The van der Waals surface area contributed by atoms with Gasteiger partial charge < -0.3 is 10.1 Å². The average Bonchev–Trinajstić information content (AvgIpc) is 2.60. The van der Waals surface area contributed by atoms with Gasteiger partial charge in [-0.3, -0.25) is 4.90 Å². The molecule has 1 saturated heterocycles. The molecule has 1 aliphatic heterocycles. The fourth-order valence-electron chi connectivity index (χ4n) is 3.03. The summed E-state index contributed by atoms with van der Waals surface area (Å²) in [5.74, 6) is 0.785. The molecule has 25 heavy (non-hydrogen) atoms. The number of anilines is 1. The third-order valence-corrected chi connectivity index (χ3v) is 4.45. The summed E-state index contributed by atoms with van der Waals surface area (Å²) in [6, 6.07) is 7.30. The molecule has 1 fully saturated rings. The predicted molar refractivity (Wildman–Crippen MR) is 96.5 cm³/mol. The summed E-state index contributed by atoms with van der Waals surface area (Å²) in [5, 5.41) is 3.66. The summed E-state index contributed by atoms with van der Waals surface area (Å²) >= 11 is 5.81. The fraction of sp³-hybridized carbons (Fsp3) is 0.444. The number of nitrogens with zero attached hydrogens (tertiary/aromatic N) is 3. The number of aromatic nitrogens is 2. The smallest absolute Gasteiger partial charge is 0.224 e. The maximum Gasteiger partial charge on any atom is 0.224 e. The average molecular weight is 365 g/mol. The van der Waals surface area contributed by atoms with Gasteiger partial charge in [0, 0.05) is 31.9 Å². The van der Waals surface area contributed by atoms with Gasteiger partial charge in [-0.1, -0.05) is 6.07 Å². The van der Waals surface area contributed by atoms with Gasteiger partial charge in [0.2, 0.25) is 5.28 Å². The van der Waals surface area contributed by atoms with Gasteiger partial charge in [-0.2, -0.15) is 0 Å². The van der Waals surface area contributed by atoms with E-state index < -0.39 is 0 Å². The minimum Gasteiger partial charge on any atom is -0.491 e. The van der Waals surface area contributed by atoms with Crippen LogP contribution < -0.4 is 10.1 Å². The Morgan fingerprint density at radius 2 is 2.12 bits per heavy atom. The minimum absolute atomic E-state index is 0.254. The standard InChI is InChI=1S/C18H22ClFN4O/c1-2-25-16-11-13(3-4-15(16)20)12-24-9-6-14(7-10-24)22-17-5-8-21-18(19)23-17/h3-5,8,11,14H,2,6-7,9-10,12H2,1H3,(H,21,22,23). The quantitative estimate of drug-likeness (QED) is 0.791. The summed E-state index contributed by atoms with van der Waals surface area (Å²) in [5.41, 5.74) is 1.07. The van der Waals surface area contributed by atoms with Crippen molar-refractivity contribution in [1.82, 2.24) is 14.9 Å². The third-order valence-electron chi connectivity index (χ3n) is 4.27. The van der Waals surface area contributed by atoms with Crippen LogP contribution in [-0.2, 0) is 6.54 Å². The van der Waals surface area contributed by atoms with E-state index in [2.05, 4.69) is 20.2 Å². The molecule has 0 bridgehead atoms. The SMILES string of the molecule is CCOc1cc(CN2CCC(Nc3ccnc(Cl)n3)CC2)ccc1F. The second kappa shape index (κ2) is 8.45. The Morgan fingerprint density at radius 3 is 2.84 bits per heavy atom. The Kier molecular flexibility index (Phi) is 6.04. The van der Waals surface area contributed by atoms with Gasteiger partial charge in [0.15, 0.2) is 11.6 Å². The summed E-state index contributed by atoms with van der Waals surface area (Å²) in [4.78, 5) is 10.4. The molecule has 0 unspecified atom stereocenters. The first kappa shape index (κ1) is 17.9. The first-order chi connectivity index (χ1) is 12.1. The number of benzene rings is 1. The molecule has 3 rings (SSSR count). The molecule has 1 aromatic carbocycles. The zero-order valence-corrected chi connectivity index (χ0v) is 15.0. The lowest BCUT2D eigenvalue weighted by atomic mass is 10.0. The van der Waals surface area contributed by atoms with E-state index in [9.17, 15) is 4.39 Å². The van der Waals surface area contributed by atoms with Crippen molar-refractivity contribution in [2.24, 2.45) is 0 Å². The molecule has 2 heterocycles. The van der Waals surface area contributed by atoms with Crippen molar-refractivity contribution in [1.29, 1.82) is 0 Å². The van der Waals surface area contributed by atoms with Gasteiger partial charge in [-0.05, 0) is 55.1 Å². The van der Waals surface area contributed by atoms with Gasteiger partial charge in [0.05, 0.1) is 6.61 Å². The number of hydrogen-bond acceptors (Lipinski definition) is 5. The van der Waals surface area contributed by atoms with Crippen LogP contribution in [0.1, 0.15) is 25.3 Å². The van der Waals surface area contributed by atoms with E-state index in [1.807, 2.05) is 19.1 Å². The van der Waals surface area contributed by atoms with Crippen LogP contribution in [0, 0.1) is 5.82 Å². The molecule has 5 nitrogen and oxygen atoms in total. The number of piperidine rings is 1. The van der Waals surface area contributed by atoms with Crippen molar-refractivity contribution < 1.29 is 9.13 Å². The molecule has 0 spiro atoms. The number of likely N-dealkylation sites (tertiary alicyclic amines) is 1. The van der Waals surface area contributed by atoms with Gasteiger partial charge >= 0.3 is 0 Å². The highest BCUT2D eigenvalue weighted by Gasteiger charge is 2.20. The summed E-state index contributed by atoms with van der Waals surface area (Å²) in [7, 11) is 0. The molecule has 0 aliphatic carbocycles. The molecule has 0 atom stereocenters. The van der Waals surface area contributed by atoms with Gasteiger partial charge in [0.25, 0.3) is 0 Å². The molecule has 0 amide bonds. The van der Waals surface area contributed by atoms with Gasteiger partial charge in [-0.25, -0.2) is 14.4 Å². The third kappa shape index (κ3) is 5.03. The Hall–Kier alpha value is -1.92. The van der Waals surface area contributed by atoms with Crippen LogP contribution in [-0.4, -0.2) is 40.6 Å². The Bertz CT molecular complexity index is 707. The molecule has 0 saturated carbocycles. The van der Waals surface area contributed by atoms with E-state index in [0.29, 0.717) is 18.4 Å². The van der Waals surface area contributed by atoms with Crippen LogP contribution in [0.15, 0.2) is 30.5 Å². The zero-order chi connectivity index (χ0) is 17.6. The number of rotatable bonds is 6. The first-order valence-corrected chi connectivity index (χ1v) is 8.90. The van der Waals surface area contributed by atoms with E-state index in [4.69, 9.17) is 16.3 Å². The zero-order valence-electron chi connectivity index (χ0n) is 14.2. The number of halogens is 2. The van der Waals surface area contributed by atoms with Crippen LogP contribution in [0.4, 0.5) is 10.2 Å². The van der Waals surface area contributed by atoms with E-state index in [1.54, 1.807) is 12.3 Å². The van der Waals surface area contributed by atoms with Crippen molar-refractivity contribution in [2.45, 2.75) is 32.4 Å². The maximum atomic E-state index is 13.7. The normalized spacial score (nSPS) is 16.0. The molecule has 2 aromatic rings. The van der Waals surface area contributed by atoms with Gasteiger partial charge in [0.1, 0.15) is 5.82 Å². The fourth-order valence-corrected chi connectivity index (χ4v) is 3.18. The van der Waals surface area contributed by atoms with E-state index in [0.717, 1.165) is 43.9 Å². The Labute approximate surface area is 152 Å². The summed E-state index contributed by atoms with van der Waals surface area (Å²) in [6.45, 7) is 5.06. The topological polar surface area (TPSA) is 50.3 Å². The van der Waals surface area contributed by atoms with E-state index in [1.165, 1.54) is 6.07 Å². The van der Waals surface area contributed by atoms with Crippen molar-refractivity contribution in [2.75, 3.05) is 25.0 Å². The molecular formula is C18H22ClFN4O. The molecule has 7 heteroatoms. The molecule has 1 N–H and O–H groups in total. The Balaban J connectivity index is 1.51. The van der Waals surface area contributed by atoms with Crippen molar-refractivity contribution in [3.63, 3.8) is 0 Å². The van der Waals surface area contributed by atoms with E-state index >= 15 is 0 Å². The lowest BCUT2D eigenvalue weighted by Crippen LogP contribution is -2.38. The molecular weight excluding hydrogens is 343 g/mol. The second-order valence-corrected chi connectivity index (χ2v) is 6.44. The minimum atomic E-state index is -0.308. The highest BCUT2D eigenvalue weighted by Crippen LogP contribution is 2.22. The highest BCUT2D eigenvalue weighted by atomic mass is 35.5. The lowest BCUT2D eigenvalue weighted by Gasteiger charge is -2.32. The van der Waals surface area contributed by atoms with Crippen molar-refractivity contribution in [3.8, 4) is 5.75 Å². The van der Waals surface area contributed by atoms with Crippen LogP contribution in [0.3, 0.4) is 0 Å². The van der Waals surface area contributed by atoms with E-state index in [-0.39, 0.29) is 11.1 Å². The van der Waals surface area contributed by atoms with Crippen LogP contribution in [0.2, 0.25) is 5.28 Å². The van der Waals surface area contributed by atoms with Crippen molar-refractivity contribution in [3.05, 3.63) is 47.1 Å². The predicted octanol–water partition coefficient (Wildman–Crippen LogP) is 3.74. The monoisotopic (exact) mass is 364 g/mol. The van der Waals surface area contributed by atoms with Crippen molar-refractivity contribution >= 4 is 17.4 Å². The van der Waals surface area contributed by atoms with Crippen LogP contribution >= 0.6 is 11.6 Å². The molecule has 1 aromatic heterocycles. The second-order valence-electron chi connectivity index (χ2n) is 6.10. The van der Waals surface area contributed by atoms with Crippen LogP contribution in [0.5, 0.6) is 5.75 Å². The number of nitrogens with one attached hydrogen (secondary N) is 1. The Morgan fingerprint density at radius 1 is 1.32 bits per heavy atom. The maximum absolute atomic E-state index is 13.7. The molecule has 1 aliphatic rings.